The Hall–Kier alpha value is -3.87. The third-order valence-corrected chi connectivity index (χ3v) is 5.78. The normalized spacial score (nSPS) is 15.2. The molecule has 2 amide bonds. The van der Waals surface area contributed by atoms with Crippen LogP contribution in [0.2, 0.25) is 0 Å². The lowest BCUT2D eigenvalue weighted by atomic mass is 10.2. The fourth-order valence-corrected chi connectivity index (χ4v) is 4.08. The molecule has 4 rings (SSSR count). The minimum absolute atomic E-state index is 0.0601. The lowest BCUT2D eigenvalue weighted by Gasteiger charge is -2.29. The fourth-order valence-electron chi connectivity index (χ4n) is 4.08. The molecule has 170 valence electrons. The summed E-state index contributed by atoms with van der Waals surface area (Å²) in [5, 5.41) is 2.93. The second kappa shape index (κ2) is 10.6. The third-order valence-electron chi connectivity index (χ3n) is 5.78. The van der Waals surface area contributed by atoms with Gasteiger partial charge >= 0.3 is 0 Å². The average Bonchev–Trinajstić information content (AvgIpc) is 3.36. The van der Waals surface area contributed by atoms with Crippen LogP contribution in [0.25, 0.3) is 0 Å². The van der Waals surface area contributed by atoms with Crippen LogP contribution in [0, 0.1) is 0 Å². The molecule has 1 N–H and O–H groups in total. The minimum Gasteiger partial charge on any atom is -0.497 e. The SMILES string of the molecule is COc1ccc(NC(=O)C2CCCN2C(=O)CN(Cc2cccnc2)c2ccccc2)cc1. The van der Waals surface area contributed by atoms with Gasteiger partial charge in [-0.15, -0.1) is 0 Å². The Morgan fingerprint density at radius 2 is 1.88 bits per heavy atom. The second-order valence-electron chi connectivity index (χ2n) is 8.02. The fraction of sp³-hybridized carbons (Fsp3) is 0.269. The van der Waals surface area contributed by atoms with Crippen molar-refractivity contribution < 1.29 is 14.3 Å². The summed E-state index contributed by atoms with van der Waals surface area (Å²) in [5.41, 5.74) is 2.65. The molecular formula is C26H28N4O3. The van der Waals surface area contributed by atoms with Gasteiger partial charge in [0.1, 0.15) is 11.8 Å². The zero-order valence-corrected chi connectivity index (χ0v) is 18.7. The number of hydrogen-bond acceptors (Lipinski definition) is 5. The smallest absolute Gasteiger partial charge is 0.247 e. The van der Waals surface area contributed by atoms with Gasteiger partial charge in [0.25, 0.3) is 0 Å². The Balaban J connectivity index is 1.45. The highest BCUT2D eigenvalue weighted by molar-refractivity contribution is 5.98. The van der Waals surface area contributed by atoms with E-state index in [2.05, 4.69) is 10.3 Å². The van der Waals surface area contributed by atoms with Crippen LogP contribution in [0.3, 0.4) is 0 Å². The number of benzene rings is 2. The number of likely N-dealkylation sites (tertiary alicyclic amines) is 1. The lowest BCUT2D eigenvalue weighted by Crippen LogP contribution is -2.47. The number of rotatable bonds is 8. The number of anilines is 2. The molecule has 33 heavy (non-hydrogen) atoms. The van der Waals surface area contributed by atoms with Gasteiger partial charge in [0, 0.05) is 36.9 Å². The molecule has 0 saturated carbocycles. The number of hydrogen-bond donors (Lipinski definition) is 1. The third kappa shape index (κ3) is 5.68. The molecule has 1 saturated heterocycles. The summed E-state index contributed by atoms with van der Waals surface area (Å²) in [5.74, 6) is 0.500. The number of carbonyl (C=O) groups is 2. The summed E-state index contributed by atoms with van der Waals surface area (Å²) in [6.45, 7) is 1.32. The summed E-state index contributed by atoms with van der Waals surface area (Å²) in [4.78, 5) is 34.2. The topological polar surface area (TPSA) is 74.8 Å². The molecule has 0 radical (unpaired) electrons. The van der Waals surface area contributed by atoms with Crippen LogP contribution in [0.1, 0.15) is 18.4 Å². The number of amides is 2. The van der Waals surface area contributed by atoms with Crippen molar-refractivity contribution in [3.8, 4) is 5.75 Å². The summed E-state index contributed by atoms with van der Waals surface area (Å²) >= 11 is 0. The van der Waals surface area contributed by atoms with E-state index < -0.39 is 6.04 Å². The molecule has 7 nitrogen and oxygen atoms in total. The van der Waals surface area contributed by atoms with E-state index in [9.17, 15) is 9.59 Å². The van der Waals surface area contributed by atoms with Gasteiger partial charge in [0.05, 0.1) is 13.7 Å². The van der Waals surface area contributed by atoms with Gasteiger partial charge in [-0.25, -0.2) is 0 Å². The molecule has 0 spiro atoms. The highest BCUT2D eigenvalue weighted by Crippen LogP contribution is 2.23. The number of nitrogens with one attached hydrogen (secondary N) is 1. The van der Waals surface area contributed by atoms with Crippen LogP contribution < -0.4 is 15.0 Å². The zero-order chi connectivity index (χ0) is 23.0. The van der Waals surface area contributed by atoms with Gasteiger partial charge in [-0.1, -0.05) is 24.3 Å². The first-order valence-electron chi connectivity index (χ1n) is 11.1. The van der Waals surface area contributed by atoms with Crippen molar-refractivity contribution in [1.82, 2.24) is 9.88 Å². The molecule has 1 aromatic heterocycles. The van der Waals surface area contributed by atoms with Crippen molar-refractivity contribution in [2.24, 2.45) is 0 Å². The van der Waals surface area contributed by atoms with Crippen LogP contribution in [-0.2, 0) is 16.1 Å². The molecule has 1 atom stereocenters. The quantitative estimate of drug-likeness (QED) is 0.573. The molecular weight excluding hydrogens is 416 g/mol. The molecule has 2 heterocycles. The van der Waals surface area contributed by atoms with E-state index in [-0.39, 0.29) is 18.4 Å². The Morgan fingerprint density at radius 3 is 2.58 bits per heavy atom. The summed E-state index contributed by atoms with van der Waals surface area (Å²) in [7, 11) is 1.60. The van der Waals surface area contributed by atoms with Crippen LogP contribution in [0.4, 0.5) is 11.4 Å². The minimum atomic E-state index is -0.476. The van der Waals surface area contributed by atoms with E-state index in [1.807, 2.05) is 47.4 Å². The van der Waals surface area contributed by atoms with E-state index in [1.165, 1.54) is 0 Å². The maximum atomic E-state index is 13.3. The number of pyridine rings is 1. The Morgan fingerprint density at radius 1 is 1.09 bits per heavy atom. The number of ether oxygens (including phenoxy) is 1. The Bertz CT molecular complexity index is 1060. The molecule has 0 aliphatic carbocycles. The van der Waals surface area contributed by atoms with Gasteiger partial charge in [-0.3, -0.25) is 14.6 Å². The molecule has 3 aromatic rings. The van der Waals surface area contributed by atoms with Crippen molar-refractivity contribution in [2.45, 2.75) is 25.4 Å². The molecule has 1 aliphatic rings. The van der Waals surface area contributed by atoms with Crippen LogP contribution >= 0.6 is 0 Å². The van der Waals surface area contributed by atoms with Crippen molar-refractivity contribution in [3.05, 3.63) is 84.7 Å². The molecule has 7 heteroatoms. The second-order valence-corrected chi connectivity index (χ2v) is 8.02. The van der Waals surface area contributed by atoms with Crippen molar-refractivity contribution in [1.29, 1.82) is 0 Å². The van der Waals surface area contributed by atoms with E-state index in [0.29, 0.717) is 25.2 Å². The summed E-state index contributed by atoms with van der Waals surface area (Å²) < 4.78 is 5.16. The van der Waals surface area contributed by atoms with Crippen LogP contribution in [0.15, 0.2) is 79.1 Å². The summed E-state index contributed by atoms with van der Waals surface area (Å²) in [6, 6.07) is 20.4. The number of methoxy groups -OCH3 is 1. The molecule has 1 unspecified atom stereocenters. The number of para-hydroxylation sites is 1. The standard InChI is InChI=1S/C26H28N4O3/c1-33-23-13-11-21(12-14-23)28-26(32)24-10-6-16-30(24)25(31)19-29(22-8-3-2-4-9-22)18-20-7-5-15-27-17-20/h2-5,7-9,11-15,17,24H,6,10,16,18-19H2,1H3,(H,28,32). The number of aromatic nitrogens is 1. The van der Waals surface area contributed by atoms with E-state index in [1.54, 1.807) is 48.7 Å². The highest BCUT2D eigenvalue weighted by Gasteiger charge is 2.34. The van der Waals surface area contributed by atoms with Gasteiger partial charge < -0.3 is 19.9 Å². The van der Waals surface area contributed by atoms with Gasteiger partial charge in [-0.2, -0.15) is 0 Å². The van der Waals surface area contributed by atoms with Crippen LogP contribution in [0.5, 0.6) is 5.75 Å². The predicted molar refractivity (Wildman–Crippen MR) is 128 cm³/mol. The molecule has 1 fully saturated rings. The van der Waals surface area contributed by atoms with Crippen LogP contribution in [-0.4, -0.2) is 47.9 Å². The maximum Gasteiger partial charge on any atom is 0.247 e. The van der Waals surface area contributed by atoms with Crippen molar-refractivity contribution in [2.75, 3.05) is 30.4 Å². The average molecular weight is 445 g/mol. The van der Waals surface area contributed by atoms with Gasteiger partial charge in [-0.05, 0) is 60.9 Å². The number of carbonyl (C=O) groups excluding carboxylic acids is 2. The highest BCUT2D eigenvalue weighted by atomic mass is 16.5. The number of nitrogens with zero attached hydrogens (tertiary/aromatic N) is 3. The summed E-state index contributed by atoms with van der Waals surface area (Å²) in [6.07, 6.45) is 5.00. The molecule has 2 aromatic carbocycles. The van der Waals surface area contributed by atoms with E-state index in [0.717, 1.165) is 23.4 Å². The first kappa shape index (κ1) is 22.3. The first-order valence-corrected chi connectivity index (χ1v) is 11.1. The largest absolute Gasteiger partial charge is 0.497 e. The maximum absolute atomic E-state index is 13.3. The lowest BCUT2D eigenvalue weighted by molar-refractivity contribution is -0.135. The monoisotopic (exact) mass is 444 g/mol. The Labute approximate surface area is 194 Å². The molecule has 1 aliphatic heterocycles. The van der Waals surface area contributed by atoms with Crippen molar-refractivity contribution in [3.63, 3.8) is 0 Å². The van der Waals surface area contributed by atoms with Gasteiger partial charge in [0.15, 0.2) is 0 Å². The van der Waals surface area contributed by atoms with Gasteiger partial charge in [0.2, 0.25) is 11.8 Å². The van der Waals surface area contributed by atoms with E-state index >= 15 is 0 Å². The van der Waals surface area contributed by atoms with E-state index in [4.69, 9.17) is 4.74 Å². The van der Waals surface area contributed by atoms with Crippen molar-refractivity contribution >= 4 is 23.2 Å². The predicted octanol–water partition coefficient (Wildman–Crippen LogP) is 3.73. The Kier molecular flexibility index (Phi) is 7.19. The zero-order valence-electron chi connectivity index (χ0n) is 18.7. The first-order chi connectivity index (χ1) is 16.1. The molecule has 0 bridgehead atoms.